The molecule has 1 spiro atoms. The first-order chi connectivity index (χ1) is 19.4. The largest absolute Gasteiger partial charge is 0.427 e. The van der Waals surface area contributed by atoms with E-state index in [2.05, 4.69) is 10.6 Å². The monoisotopic (exact) mass is 570 g/mol. The van der Waals surface area contributed by atoms with E-state index < -0.39 is 48.6 Å². The molecule has 216 valence electrons. The van der Waals surface area contributed by atoms with Gasteiger partial charge in [0.05, 0.1) is 13.1 Å². The second-order valence-electron chi connectivity index (χ2n) is 11.4. The molecule has 0 radical (unpaired) electrons. The van der Waals surface area contributed by atoms with Gasteiger partial charge in [-0.3, -0.25) is 14.9 Å². The first-order valence-corrected chi connectivity index (χ1v) is 13.6. The Kier molecular flexibility index (Phi) is 6.46. The van der Waals surface area contributed by atoms with E-state index in [-0.39, 0.29) is 37.2 Å². The Morgan fingerprint density at radius 1 is 1.15 bits per heavy atom. The van der Waals surface area contributed by atoms with E-state index in [1.165, 1.54) is 18.2 Å². The highest BCUT2D eigenvalue weighted by atomic mass is 19.3. The van der Waals surface area contributed by atoms with Crippen LogP contribution in [0, 0.1) is 11.7 Å². The van der Waals surface area contributed by atoms with Gasteiger partial charge < -0.3 is 19.9 Å². The van der Waals surface area contributed by atoms with Gasteiger partial charge in [-0.1, -0.05) is 18.2 Å². The molecule has 41 heavy (non-hydrogen) atoms. The first kappa shape index (κ1) is 27.1. The maximum absolute atomic E-state index is 13.9. The Balaban J connectivity index is 1.27. The van der Waals surface area contributed by atoms with Crippen molar-refractivity contribution >= 4 is 29.6 Å². The van der Waals surface area contributed by atoms with Crippen molar-refractivity contribution in [1.29, 1.82) is 0 Å². The van der Waals surface area contributed by atoms with Crippen molar-refractivity contribution in [2.45, 2.75) is 62.6 Å². The zero-order chi connectivity index (χ0) is 29.1. The van der Waals surface area contributed by atoms with Gasteiger partial charge in [0, 0.05) is 36.7 Å². The number of likely N-dealkylation sites (tertiary alicyclic amines) is 1. The fraction of sp³-hybridized carbons (Fsp3) is 0.448. The molecule has 2 aromatic rings. The molecule has 2 heterocycles. The fourth-order valence-corrected chi connectivity index (χ4v) is 6.10. The molecule has 2 aromatic carbocycles. The van der Waals surface area contributed by atoms with Crippen molar-refractivity contribution in [2.75, 3.05) is 18.4 Å². The Morgan fingerprint density at radius 3 is 2.46 bits per heavy atom. The second kappa shape index (κ2) is 9.78. The number of benzene rings is 2. The smallest absolute Gasteiger partial charge is 0.415 e. The molecule has 6 rings (SSSR count). The summed E-state index contributed by atoms with van der Waals surface area (Å²) >= 11 is 0. The molecule has 2 N–H and O–H groups in total. The average Bonchev–Trinajstić information content (AvgIpc) is 3.66. The molecular weight excluding hydrogens is 541 g/mol. The molecule has 12 heteroatoms. The van der Waals surface area contributed by atoms with Crippen molar-refractivity contribution in [2.24, 2.45) is 5.92 Å². The summed E-state index contributed by atoms with van der Waals surface area (Å²) in [6, 6.07) is 9.90. The second-order valence-corrected chi connectivity index (χ2v) is 11.4. The number of fused-ring (bicyclic) bond motifs is 2. The van der Waals surface area contributed by atoms with Crippen molar-refractivity contribution in [1.82, 2.24) is 15.1 Å². The lowest BCUT2D eigenvalue weighted by molar-refractivity contribution is -0.136. The Labute approximate surface area is 234 Å². The van der Waals surface area contributed by atoms with E-state index in [1.54, 1.807) is 29.2 Å². The summed E-state index contributed by atoms with van der Waals surface area (Å²) in [7, 11) is 0. The molecule has 2 aliphatic heterocycles. The molecule has 1 saturated carbocycles. The van der Waals surface area contributed by atoms with Crippen LogP contribution in [-0.2, 0) is 26.5 Å². The van der Waals surface area contributed by atoms with Crippen LogP contribution in [0.25, 0.3) is 0 Å². The zero-order valence-corrected chi connectivity index (χ0v) is 22.3. The number of urea groups is 1. The number of rotatable bonds is 7. The predicted molar refractivity (Wildman–Crippen MR) is 139 cm³/mol. The maximum atomic E-state index is 13.9. The van der Waals surface area contributed by atoms with Crippen LogP contribution in [0.3, 0.4) is 0 Å². The summed E-state index contributed by atoms with van der Waals surface area (Å²) in [4.78, 5) is 54.1. The highest BCUT2D eigenvalue weighted by Gasteiger charge is 2.57. The molecule has 1 unspecified atom stereocenters. The number of alkyl halides is 2. The molecule has 3 atom stereocenters. The minimum absolute atomic E-state index is 0.00637. The number of hydrogen-bond acceptors (Lipinski definition) is 5. The number of ether oxygens (including phenoxy) is 1. The van der Waals surface area contributed by atoms with Crippen molar-refractivity contribution in [3.8, 4) is 0 Å². The molecule has 0 aromatic heterocycles. The van der Waals surface area contributed by atoms with Crippen molar-refractivity contribution in [3.05, 3.63) is 65.0 Å². The van der Waals surface area contributed by atoms with Crippen molar-refractivity contribution in [3.63, 3.8) is 0 Å². The van der Waals surface area contributed by atoms with E-state index in [0.717, 1.165) is 23.3 Å². The SMILES string of the molecule is C[C@H](C1CC1)N(Cc1ccc(F)cc1)C(=O)CC1C[C@@]2(OC(=O)NC2=O)c2ccc(NC(=O)N3CC(F)(F)C3)cc21. The molecule has 0 bridgehead atoms. The van der Waals surface area contributed by atoms with Crippen LogP contribution >= 0.6 is 0 Å². The quantitative estimate of drug-likeness (QED) is 0.511. The predicted octanol–water partition coefficient (Wildman–Crippen LogP) is 4.47. The maximum Gasteiger partial charge on any atom is 0.415 e. The van der Waals surface area contributed by atoms with Gasteiger partial charge >= 0.3 is 12.1 Å². The molecular formula is C29H29F3N4O5. The van der Waals surface area contributed by atoms with Crippen LogP contribution in [0.5, 0.6) is 0 Å². The van der Waals surface area contributed by atoms with Gasteiger partial charge in [0.25, 0.3) is 11.8 Å². The van der Waals surface area contributed by atoms with Gasteiger partial charge in [0.15, 0.2) is 0 Å². The number of imide groups is 1. The van der Waals surface area contributed by atoms with Crippen LogP contribution in [0.1, 0.15) is 55.2 Å². The molecule has 2 aliphatic carbocycles. The number of amides is 5. The standard InChI is InChI=1S/C29H29F3N4O5/c1-16(18-4-5-18)36(13-17-2-6-20(30)7-3-17)24(37)10-19-12-29(25(38)34-27(40)41-29)23-9-8-21(11-22(19)23)33-26(39)35-14-28(31,32)15-35/h2-3,6-9,11,16,18-19H,4-5,10,12-15H2,1H3,(H,33,39)(H,34,38,40)/t16-,19?,29-/m1/s1. The first-order valence-electron chi connectivity index (χ1n) is 13.6. The van der Waals surface area contributed by atoms with Crippen LogP contribution in [0.2, 0.25) is 0 Å². The molecule has 4 aliphatic rings. The fourth-order valence-electron chi connectivity index (χ4n) is 6.10. The summed E-state index contributed by atoms with van der Waals surface area (Å²) in [5.74, 6) is -4.27. The third-order valence-corrected chi connectivity index (χ3v) is 8.50. The van der Waals surface area contributed by atoms with E-state index in [4.69, 9.17) is 4.74 Å². The number of nitrogens with zero attached hydrogens (tertiary/aromatic N) is 2. The number of nitrogens with one attached hydrogen (secondary N) is 2. The number of halogens is 3. The van der Waals surface area contributed by atoms with Gasteiger partial charge in [-0.25, -0.2) is 22.8 Å². The lowest BCUT2D eigenvalue weighted by Gasteiger charge is -2.38. The normalized spacial score (nSPS) is 24.8. The number of carbonyl (C=O) groups excluding carboxylic acids is 4. The Hall–Kier alpha value is -4.09. The van der Waals surface area contributed by atoms with Crippen LogP contribution < -0.4 is 10.6 Å². The average molecular weight is 571 g/mol. The van der Waals surface area contributed by atoms with Crippen LogP contribution in [-0.4, -0.2) is 58.8 Å². The molecule has 5 amide bonds. The number of hydrogen-bond donors (Lipinski definition) is 2. The minimum Gasteiger partial charge on any atom is -0.427 e. The number of anilines is 1. The Bertz CT molecular complexity index is 1420. The summed E-state index contributed by atoms with van der Waals surface area (Å²) in [6.45, 7) is 0.919. The summed E-state index contributed by atoms with van der Waals surface area (Å²) in [5, 5.41) is 4.78. The van der Waals surface area contributed by atoms with Crippen LogP contribution in [0.15, 0.2) is 42.5 Å². The lowest BCUT2D eigenvalue weighted by Crippen LogP contribution is -2.59. The summed E-state index contributed by atoms with van der Waals surface area (Å²) < 4.78 is 45.5. The zero-order valence-electron chi connectivity index (χ0n) is 22.3. The van der Waals surface area contributed by atoms with Crippen molar-refractivity contribution < 1.29 is 37.1 Å². The van der Waals surface area contributed by atoms with Gasteiger partial charge in [0.2, 0.25) is 11.5 Å². The third kappa shape index (κ3) is 5.11. The van der Waals surface area contributed by atoms with E-state index in [1.807, 2.05) is 6.92 Å². The van der Waals surface area contributed by atoms with Gasteiger partial charge in [-0.2, -0.15) is 0 Å². The van der Waals surface area contributed by atoms with Gasteiger partial charge in [0.1, 0.15) is 5.82 Å². The van der Waals surface area contributed by atoms with Gasteiger partial charge in [-0.15, -0.1) is 0 Å². The van der Waals surface area contributed by atoms with E-state index in [0.29, 0.717) is 22.7 Å². The van der Waals surface area contributed by atoms with E-state index >= 15 is 0 Å². The topological polar surface area (TPSA) is 108 Å². The third-order valence-electron chi connectivity index (χ3n) is 8.50. The molecule has 3 fully saturated rings. The molecule has 2 saturated heterocycles. The van der Waals surface area contributed by atoms with E-state index in [9.17, 15) is 32.3 Å². The minimum atomic E-state index is -2.91. The molecule has 9 nitrogen and oxygen atoms in total. The highest BCUT2D eigenvalue weighted by molar-refractivity contribution is 6.04. The summed E-state index contributed by atoms with van der Waals surface area (Å²) in [5.41, 5.74) is 0.436. The summed E-state index contributed by atoms with van der Waals surface area (Å²) in [6.07, 6.45) is 1.15. The number of carbonyl (C=O) groups is 4. The van der Waals surface area contributed by atoms with Crippen LogP contribution in [0.4, 0.5) is 28.4 Å². The number of alkyl carbamates (subject to hydrolysis) is 1. The lowest BCUT2D eigenvalue weighted by atomic mass is 9.93. The van der Waals surface area contributed by atoms with Gasteiger partial charge in [-0.05, 0) is 67.0 Å². The Morgan fingerprint density at radius 2 is 1.85 bits per heavy atom. The highest BCUT2D eigenvalue weighted by Crippen LogP contribution is 2.51.